The first-order valence-corrected chi connectivity index (χ1v) is 12.7. The number of nitrogens with zero attached hydrogens (tertiary/aromatic N) is 1. The van der Waals surface area contributed by atoms with Crippen LogP contribution in [-0.2, 0) is 10.3 Å². The van der Waals surface area contributed by atoms with Crippen LogP contribution < -0.4 is 10.1 Å². The number of benzene rings is 3. The average Bonchev–Trinajstić information content (AvgIpc) is 3.58. The third-order valence-electron chi connectivity index (χ3n) is 7.08. The van der Waals surface area contributed by atoms with Gasteiger partial charge in [0, 0.05) is 12.1 Å². The van der Waals surface area contributed by atoms with E-state index in [2.05, 4.69) is 35.6 Å². The first-order valence-electron chi connectivity index (χ1n) is 12.7. The zero-order valence-corrected chi connectivity index (χ0v) is 21.5. The fraction of sp³-hybridized carbons (Fsp3) is 0.400. The number of rotatable bonds is 6. The fourth-order valence-electron chi connectivity index (χ4n) is 4.82. The molecule has 6 nitrogen and oxygen atoms in total. The molecule has 188 valence electrons. The van der Waals surface area contributed by atoms with Crippen molar-refractivity contribution in [2.75, 3.05) is 13.2 Å². The topological polar surface area (TPSA) is 67.9 Å². The van der Waals surface area contributed by atoms with Crippen molar-refractivity contribution in [3.63, 3.8) is 0 Å². The summed E-state index contributed by atoms with van der Waals surface area (Å²) < 4.78 is 11.5. The molecular formula is C30H34N2O4. The number of hydrogen-bond acceptors (Lipinski definition) is 4. The van der Waals surface area contributed by atoms with Crippen molar-refractivity contribution in [1.82, 2.24) is 10.2 Å². The summed E-state index contributed by atoms with van der Waals surface area (Å²) >= 11 is 0. The monoisotopic (exact) mass is 486 g/mol. The van der Waals surface area contributed by atoms with E-state index in [9.17, 15) is 9.59 Å². The second kappa shape index (κ2) is 9.16. The number of nitrogens with one attached hydrogen (secondary N) is 1. The minimum Gasteiger partial charge on any atom is -0.491 e. The number of hydrogen-bond donors (Lipinski definition) is 1. The van der Waals surface area contributed by atoms with Crippen LogP contribution in [-0.4, -0.2) is 41.7 Å². The molecule has 1 heterocycles. The molecule has 36 heavy (non-hydrogen) atoms. The number of likely N-dealkylation sites (tertiary alicyclic amines) is 1. The first kappa shape index (κ1) is 24.2. The van der Waals surface area contributed by atoms with Crippen LogP contribution in [0.3, 0.4) is 0 Å². The smallest absolute Gasteiger partial charge is 0.410 e. The molecule has 3 aromatic rings. The van der Waals surface area contributed by atoms with Gasteiger partial charge in [0.05, 0.1) is 11.6 Å². The van der Waals surface area contributed by atoms with E-state index in [-0.39, 0.29) is 23.6 Å². The van der Waals surface area contributed by atoms with Crippen LogP contribution in [0.15, 0.2) is 60.7 Å². The maximum Gasteiger partial charge on any atom is 0.410 e. The van der Waals surface area contributed by atoms with E-state index in [1.165, 1.54) is 16.3 Å². The first-order chi connectivity index (χ1) is 17.2. The normalized spacial score (nSPS) is 18.3. The van der Waals surface area contributed by atoms with Gasteiger partial charge in [-0.15, -0.1) is 0 Å². The Hall–Kier alpha value is -3.54. The Labute approximate surface area is 212 Å². The highest BCUT2D eigenvalue weighted by Crippen LogP contribution is 2.48. The van der Waals surface area contributed by atoms with Gasteiger partial charge in [0.15, 0.2) is 0 Å². The Morgan fingerprint density at radius 1 is 1.06 bits per heavy atom. The summed E-state index contributed by atoms with van der Waals surface area (Å²) in [5.74, 6) is 0.527. The average molecular weight is 487 g/mol. The van der Waals surface area contributed by atoms with Crippen LogP contribution in [0.5, 0.6) is 5.75 Å². The van der Waals surface area contributed by atoms with Gasteiger partial charge in [-0.05, 0) is 81.0 Å². The number of amides is 2. The molecule has 0 unspecified atom stereocenters. The van der Waals surface area contributed by atoms with Crippen LogP contribution in [0, 0.1) is 6.92 Å². The van der Waals surface area contributed by atoms with Gasteiger partial charge >= 0.3 is 6.09 Å². The van der Waals surface area contributed by atoms with Gasteiger partial charge < -0.3 is 19.7 Å². The number of carbonyl (C=O) groups is 2. The summed E-state index contributed by atoms with van der Waals surface area (Å²) in [7, 11) is 0. The van der Waals surface area contributed by atoms with Gasteiger partial charge in [0.2, 0.25) is 0 Å². The maximum absolute atomic E-state index is 13.4. The van der Waals surface area contributed by atoms with E-state index in [0.717, 1.165) is 24.8 Å². The van der Waals surface area contributed by atoms with Crippen molar-refractivity contribution in [1.29, 1.82) is 0 Å². The lowest BCUT2D eigenvalue weighted by Crippen LogP contribution is -2.55. The lowest BCUT2D eigenvalue weighted by molar-refractivity contribution is -0.0141. The predicted molar refractivity (Wildman–Crippen MR) is 140 cm³/mol. The zero-order valence-electron chi connectivity index (χ0n) is 21.5. The van der Waals surface area contributed by atoms with Gasteiger partial charge in [-0.2, -0.15) is 0 Å². The summed E-state index contributed by atoms with van der Waals surface area (Å²) in [6.07, 6.45) is 2.40. The second-order valence-corrected chi connectivity index (χ2v) is 11.0. The fourth-order valence-corrected chi connectivity index (χ4v) is 4.82. The van der Waals surface area contributed by atoms with Crippen molar-refractivity contribution in [3.8, 4) is 5.75 Å². The molecule has 1 N–H and O–H groups in total. The Bertz CT molecular complexity index is 1300. The molecule has 1 saturated carbocycles. The minimum absolute atomic E-state index is 0.0282. The van der Waals surface area contributed by atoms with Crippen molar-refractivity contribution >= 4 is 22.8 Å². The van der Waals surface area contributed by atoms with Crippen molar-refractivity contribution in [2.45, 2.75) is 64.1 Å². The number of carbonyl (C=O) groups excluding carboxylic acids is 2. The molecule has 6 heteroatoms. The Morgan fingerprint density at radius 2 is 1.81 bits per heavy atom. The maximum atomic E-state index is 13.4. The summed E-state index contributed by atoms with van der Waals surface area (Å²) in [4.78, 5) is 27.5. The van der Waals surface area contributed by atoms with E-state index in [4.69, 9.17) is 9.47 Å². The Morgan fingerprint density at radius 3 is 2.50 bits per heavy atom. The molecule has 0 aromatic heterocycles. The molecule has 5 rings (SSSR count). The third-order valence-corrected chi connectivity index (χ3v) is 7.08. The van der Waals surface area contributed by atoms with E-state index in [1.807, 2.05) is 52.0 Å². The molecule has 0 bridgehead atoms. The van der Waals surface area contributed by atoms with Crippen molar-refractivity contribution in [3.05, 3.63) is 77.4 Å². The highest BCUT2D eigenvalue weighted by molar-refractivity contribution is 5.97. The van der Waals surface area contributed by atoms with E-state index < -0.39 is 5.60 Å². The van der Waals surface area contributed by atoms with Crippen molar-refractivity contribution in [2.24, 2.45) is 0 Å². The highest BCUT2D eigenvalue weighted by atomic mass is 16.6. The molecule has 1 aliphatic carbocycles. The number of fused-ring (bicyclic) bond motifs is 1. The molecule has 2 fully saturated rings. The molecule has 0 spiro atoms. The molecule has 1 aliphatic heterocycles. The standard InChI is InChI=1S/C30H34N2O4/c1-20-12-13-23(35-19-22-14-17-32(22)28(34)36-29(2,3)4)18-25(20)27(33)31-30(15-16-30)26-11-7-9-21-8-5-6-10-24(21)26/h5-13,18,22H,14-17,19H2,1-4H3,(H,31,33)/t22-/m1/s1. The molecule has 0 radical (unpaired) electrons. The quantitative estimate of drug-likeness (QED) is 0.467. The lowest BCUT2D eigenvalue weighted by Gasteiger charge is -2.41. The van der Waals surface area contributed by atoms with Crippen LogP contribution >= 0.6 is 0 Å². The summed E-state index contributed by atoms with van der Waals surface area (Å²) in [6.45, 7) is 8.56. The second-order valence-electron chi connectivity index (χ2n) is 11.0. The van der Waals surface area contributed by atoms with E-state index in [1.54, 1.807) is 11.0 Å². The summed E-state index contributed by atoms with van der Waals surface area (Å²) in [6, 6.07) is 20.2. The Balaban J connectivity index is 1.27. The minimum atomic E-state index is -0.526. The zero-order chi connectivity index (χ0) is 25.5. The van der Waals surface area contributed by atoms with Crippen LogP contribution in [0.1, 0.15) is 61.5 Å². The molecule has 2 amide bonds. The SMILES string of the molecule is Cc1ccc(OC[C@H]2CCN2C(=O)OC(C)(C)C)cc1C(=O)NC1(c2cccc3ccccc23)CC1. The van der Waals surface area contributed by atoms with Crippen LogP contribution in [0.4, 0.5) is 4.79 Å². The number of ether oxygens (including phenoxy) is 2. The summed E-state index contributed by atoms with van der Waals surface area (Å²) in [5.41, 5.74) is 1.82. The highest BCUT2D eigenvalue weighted by Gasteiger charge is 2.46. The van der Waals surface area contributed by atoms with Gasteiger partial charge in [0.25, 0.3) is 5.91 Å². The molecule has 1 saturated heterocycles. The third kappa shape index (κ3) is 4.90. The van der Waals surface area contributed by atoms with Gasteiger partial charge in [-0.3, -0.25) is 4.79 Å². The lowest BCUT2D eigenvalue weighted by atomic mass is 9.96. The van der Waals surface area contributed by atoms with E-state index >= 15 is 0 Å². The predicted octanol–water partition coefficient (Wildman–Crippen LogP) is 5.96. The molecular weight excluding hydrogens is 452 g/mol. The van der Waals surface area contributed by atoms with Gasteiger partial charge in [-0.1, -0.05) is 48.5 Å². The van der Waals surface area contributed by atoms with Gasteiger partial charge in [-0.25, -0.2) is 4.79 Å². The Kier molecular flexibility index (Phi) is 6.15. The summed E-state index contributed by atoms with van der Waals surface area (Å²) in [5, 5.41) is 5.69. The molecule has 2 aliphatic rings. The van der Waals surface area contributed by atoms with Crippen molar-refractivity contribution < 1.29 is 19.1 Å². The largest absolute Gasteiger partial charge is 0.491 e. The number of aryl methyl sites for hydroxylation is 1. The molecule has 1 atom stereocenters. The van der Waals surface area contributed by atoms with Gasteiger partial charge in [0.1, 0.15) is 18.0 Å². The van der Waals surface area contributed by atoms with E-state index in [0.29, 0.717) is 24.5 Å². The molecule has 3 aromatic carbocycles. The van der Waals surface area contributed by atoms with Crippen LogP contribution in [0.25, 0.3) is 10.8 Å². The van der Waals surface area contributed by atoms with Crippen LogP contribution in [0.2, 0.25) is 0 Å².